The molecule has 0 fully saturated rings. The van der Waals surface area contributed by atoms with Gasteiger partial charge in [-0.2, -0.15) is 0 Å². The third-order valence-electron chi connectivity index (χ3n) is 2.51. The maximum absolute atomic E-state index is 11.6. The van der Waals surface area contributed by atoms with Crippen molar-refractivity contribution < 1.29 is 14.3 Å². The summed E-state index contributed by atoms with van der Waals surface area (Å²) in [4.78, 5) is 19.9. The summed E-state index contributed by atoms with van der Waals surface area (Å²) in [7, 11) is 1.59. The Bertz CT molecular complexity index is 458. The van der Waals surface area contributed by atoms with Crippen molar-refractivity contribution in [3.63, 3.8) is 0 Å². The van der Waals surface area contributed by atoms with Crippen molar-refractivity contribution >= 4 is 17.6 Å². The Morgan fingerprint density at radius 2 is 2.11 bits per heavy atom. The van der Waals surface area contributed by atoms with Crippen molar-refractivity contribution in [2.45, 2.75) is 33.8 Å². The van der Waals surface area contributed by atoms with Gasteiger partial charge in [-0.25, -0.2) is 14.8 Å². The van der Waals surface area contributed by atoms with E-state index in [2.05, 4.69) is 9.97 Å². The molecule has 0 bridgehead atoms. The molecule has 1 rings (SSSR count). The number of aromatic nitrogens is 2. The number of rotatable bonds is 4. The Morgan fingerprint density at radius 3 is 2.53 bits per heavy atom. The number of hydrogen-bond donors (Lipinski definition) is 0. The molecular weight excluding hydrogens is 268 g/mol. The van der Waals surface area contributed by atoms with Gasteiger partial charge in [0, 0.05) is 13.3 Å². The van der Waals surface area contributed by atoms with Crippen LogP contribution in [0.25, 0.3) is 0 Å². The van der Waals surface area contributed by atoms with Gasteiger partial charge in [-0.05, 0) is 12.3 Å². The lowest BCUT2D eigenvalue weighted by molar-refractivity contribution is 0.00858. The van der Waals surface area contributed by atoms with E-state index in [1.165, 1.54) is 6.20 Å². The average Bonchev–Trinajstić information content (AvgIpc) is 2.28. The van der Waals surface area contributed by atoms with Gasteiger partial charge in [0.15, 0.2) is 5.82 Å². The van der Waals surface area contributed by atoms with Crippen molar-refractivity contribution in [2.24, 2.45) is 5.41 Å². The van der Waals surface area contributed by atoms with E-state index in [-0.39, 0.29) is 28.8 Å². The minimum atomic E-state index is -0.524. The topological polar surface area (TPSA) is 61.3 Å². The van der Waals surface area contributed by atoms with Crippen LogP contribution >= 0.6 is 11.6 Å². The van der Waals surface area contributed by atoms with Crippen LogP contribution in [0.5, 0.6) is 0 Å². The molecule has 1 aromatic rings. The molecule has 6 heteroatoms. The maximum Gasteiger partial charge on any atom is 0.342 e. The summed E-state index contributed by atoms with van der Waals surface area (Å²) in [5, 5.41) is 0.0785. The van der Waals surface area contributed by atoms with Gasteiger partial charge >= 0.3 is 5.97 Å². The molecule has 0 amide bonds. The van der Waals surface area contributed by atoms with Crippen LogP contribution in [0.1, 0.15) is 50.0 Å². The van der Waals surface area contributed by atoms with Crippen LogP contribution in [-0.2, 0) is 9.47 Å². The molecule has 19 heavy (non-hydrogen) atoms. The Hall–Kier alpha value is -1.20. The number of nitrogens with zero attached hydrogens (tertiary/aromatic N) is 2. The van der Waals surface area contributed by atoms with E-state index in [1.54, 1.807) is 14.0 Å². The minimum absolute atomic E-state index is 0.0785. The van der Waals surface area contributed by atoms with Gasteiger partial charge in [0.25, 0.3) is 0 Å². The van der Waals surface area contributed by atoms with Crippen LogP contribution in [0.4, 0.5) is 0 Å². The highest BCUT2D eigenvalue weighted by atomic mass is 35.5. The lowest BCUT2D eigenvalue weighted by Gasteiger charge is -2.28. The zero-order chi connectivity index (χ0) is 14.6. The second kappa shape index (κ2) is 6.30. The molecule has 0 aliphatic heterocycles. The van der Waals surface area contributed by atoms with Gasteiger partial charge in [0.05, 0.1) is 6.61 Å². The van der Waals surface area contributed by atoms with E-state index in [0.29, 0.717) is 5.82 Å². The molecule has 1 aromatic heterocycles. The highest BCUT2D eigenvalue weighted by molar-refractivity contribution is 6.32. The third-order valence-corrected chi connectivity index (χ3v) is 2.80. The first-order chi connectivity index (χ1) is 8.81. The normalized spacial score (nSPS) is 13.2. The zero-order valence-corrected chi connectivity index (χ0v) is 12.6. The van der Waals surface area contributed by atoms with E-state index >= 15 is 0 Å². The van der Waals surface area contributed by atoms with E-state index in [9.17, 15) is 4.79 Å². The van der Waals surface area contributed by atoms with Gasteiger partial charge in [-0.1, -0.05) is 32.4 Å². The summed E-state index contributed by atoms with van der Waals surface area (Å²) in [6.45, 7) is 8.04. The van der Waals surface area contributed by atoms with Gasteiger partial charge in [-0.3, -0.25) is 0 Å². The van der Waals surface area contributed by atoms with E-state index < -0.39 is 5.97 Å². The molecule has 0 aliphatic rings. The van der Waals surface area contributed by atoms with Crippen LogP contribution in [0, 0.1) is 5.41 Å². The summed E-state index contributed by atoms with van der Waals surface area (Å²) in [6, 6.07) is 0. The highest BCUT2D eigenvalue weighted by Gasteiger charge is 2.29. The van der Waals surface area contributed by atoms with E-state index in [1.807, 2.05) is 20.8 Å². The van der Waals surface area contributed by atoms with Gasteiger partial charge in [0.1, 0.15) is 16.8 Å². The van der Waals surface area contributed by atoms with Crippen LogP contribution in [0.15, 0.2) is 6.20 Å². The first-order valence-corrected chi connectivity index (χ1v) is 6.41. The Balaban J connectivity index is 3.08. The lowest BCUT2D eigenvalue weighted by Crippen LogP contribution is -2.23. The number of halogens is 1. The monoisotopic (exact) mass is 286 g/mol. The second-order valence-corrected chi connectivity index (χ2v) is 5.49. The maximum atomic E-state index is 11.6. The summed E-state index contributed by atoms with van der Waals surface area (Å²) < 4.78 is 10.3. The quantitative estimate of drug-likeness (QED) is 0.629. The summed E-state index contributed by atoms with van der Waals surface area (Å²) in [5.74, 6) is -0.0724. The van der Waals surface area contributed by atoms with Crippen molar-refractivity contribution in [1.29, 1.82) is 0 Å². The minimum Gasteiger partial charge on any atom is -0.462 e. The SMILES string of the molecule is CCOC(=O)c1cnc(C(OC)C(C)(C)C)nc1Cl. The predicted molar refractivity (Wildman–Crippen MR) is 72.2 cm³/mol. The summed E-state index contributed by atoms with van der Waals surface area (Å²) >= 11 is 6.00. The molecule has 0 saturated carbocycles. The number of ether oxygens (including phenoxy) is 2. The van der Waals surface area contributed by atoms with Crippen LogP contribution in [-0.4, -0.2) is 29.7 Å². The average molecular weight is 287 g/mol. The Kier molecular flexibility index (Phi) is 5.26. The van der Waals surface area contributed by atoms with Crippen molar-refractivity contribution in [2.75, 3.05) is 13.7 Å². The molecule has 1 heterocycles. The molecule has 0 radical (unpaired) electrons. The molecule has 1 atom stereocenters. The Morgan fingerprint density at radius 1 is 1.47 bits per heavy atom. The van der Waals surface area contributed by atoms with Gasteiger partial charge in [0.2, 0.25) is 0 Å². The summed E-state index contributed by atoms with van der Waals surface area (Å²) in [6.07, 6.45) is 1.07. The number of esters is 1. The summed E-state index contributed by atoms with van der Waals surface area (Å²) in [5.41, 5.74) is -0.0141. The number of carbonyl (C=O) groups is 1. The zero-order valence-electron chi connectivity index (χ0n) is 11.9. The molecule has 0 aliphatic carbocycles. The van der Waals surface area contributed by atoms with E-state index in [4.69, 9.17) is 21.1 Å². The fourth-order valence-electron chi connectivity index (χ4n) is 1.69. The number of methoxy groups -OCH3 is 1. The largest absolute Gasteiger partial charge is 0.462 e. The van der Waals surface area contributed by atoms with Crippen molar-refractivity contribution in [3.8, 4) is 0 Å². The molecule has 1 unspecified atom stereocenters. The molecule has 0 spiro atoms. The number of hydrogen-bond acceptors (Lipinski definition) is 5. The highest BCUT2D eigenvalue weighted by Crippen LogP contribution is 2.34. The predicted octanol–water partition coefficient (Wildman–Crippen LogP) is 3.04. The second-order valence-electron chi connectivity index (χ2n) is 5.13. The molecule has 106 valence electrons. The smallest absolute Gasteiger partial charge is 0.342 e. The lowest BCUT2D eigenvalue weighted by atomic mass is 9.88. The molecule has 0 aromatic carbocycles. The van der Waals surface area contributed by atoms with Gasteiger partial charge < -0.3 is 9.47 Å². The first-order valence-electron chi connectivity index (χ1n) is 6.03. The van der Waals surface area contributed by atoms with E-state index in [0.717, 1.165) is 0 Å². The van der Waals surface area contributed by atoms with Crippen LogP contribution in [0.2, 0.25) is 5.15 Å². The van der Waals surface area contributed by atoms with Gasteiger partial charge in [-0.15, -0.1) is 0 Å². The fourth-order valence-corrected chi connectivity index (χ4v) is 1.90. The standard InChI is InChI=1S/C13H19ClN2O3/c1-6-19-12(17)8-7-15-11(16-10(8)14)9(18-5)13(2,3)4/h7,9H,6H2,1-5H3. The van der Waals surface area contributed by atoms with Crippen LogP contribution in [0.3, 0.4) is 0 Å². The van der Waals surface area contributed by atoms with Crippen molar-refractivity contribution in [3.05, 3.63) is 22.7 Å². The Labute approximate surface area is 118 Å². The molecule has 0 saturated heterocycles. The van der Waals surface area contributed by atoms with Crippen molar-refractivity contribution in [1.82, 2.24) is 9.97 Å². The van der Waals surface area contributed by atoms with Crippen LogP contribution < -0.4 is 0 Å². The molecular formula is C13H19ClN2O3. The molecule has 5 nitrogen and oxygen atoms in total. The third kappa shape index (κ3) is 3.88. The molecule has 0 N–H and O–H groups in total. The number of carbonyl (C=O) groups excluding carboxylic acids is 1. The first kappa shape index (κ1) is 15.9. The fraction of sp³-hybridized carbons (Fsp3) is 0.615.